The summed E-state index contributed by atoms with van der Waals surface area (Å²) in [6.45, 7) is 0.449. The minimum atomic E-state index is -0.881. The molecule has 0 saturated heterocycles. The Labute approximate surface area is 136 Å². The Hall–Kier alpha value is -1.62. The van der Waals surface area contributed by atoms with E-state index in [1.165, 1.54) is 6.07 Å². The highest BCUT2D eigenvalue weighted by atomic mass is 19.1. The summed E-state index contributed by atoms with van der Waals surface area (Å²) in [5, 5.41) is 13.5. The van der Waals surface area contributed by atoms with E-state index in [9.17, 15) is 14.3 Å². The quantitative estimate of drug-likeness (QED) is 0.898. The van der Waals surface area contributed by atoms with Crippen molar-refractivity contribution >= 4 is 5.91 Å². The monoisotopic (exact) mass is 321 g/mol. The summed E-state index contributed by atoms with van der Waals surface area (Å²) < 4.78 is 19.4. The van der Waals surface area contributed by atoms with Crippen LogP contribution in [0, 0.1) is 5.82 Å². The van der Waals surface area contributed by atoms with E-state index in [4.69, 9.17) is 4.74 Å². The fraction of sp³-hybridized carbons (Fsp3) is 0.611. The first-order valence-electron chi connectivity index (χ1n) is 8.50. The van der Waals surface area contributed by atoms with E-state index in [0.29, 0.717) is 31.4 Å². The molecule has 1 aliphatic carbocycles. The lowest BCUT2D eigenvalue weighted by atomic mass is 9.82. The van der Waals surface area contributed by atoms with E-state index >= 15 is 0 Å². The van der Waals surface area contributed by atoms with Gasteiger partial charge in [-0.15, -0.1) is 0 Å². The zero-order valence-electron chi connectivity index (χ0n) is 13.3. The molecule has 1 aliphatic heterocycles. The Morgan fingerprint density at radius 2 is 2.09 bits per heavy atom. The molecule has 3 rings (SSSR count). The topological polar surface area (TPSA) is 58.6 Å². The molecule has 1 unspecified atom stereocenters. The Morgan fingerprint density at radius 1 is 1.30 bits per heavy atom. The molecule has 4 nitrogen and oxygen atoms in total. The number of carbonyl (C=O) groups excluding carboxylic acids is 1. The van der Waals surface area contributed by atoms with Crippen molar-refractivity contribution in [1.82, 2.24) is 5.32 Å². The van der Waals surface area contributed by atoms with Gasteiger partial charge in [0.25, 0.3) is 0 Å². The van der Waals surface area contributed by atoms with Crippen LogP contribution in [0.3, 0.4) is 0 Å². The van der Waals surface area contributed by atoms with Gasteiger partial charge in [-0.2, -0.15) is 0 Å². The first-order valence-corrected chi connectivity index (χ1v) is 8.50. The van der Waals surface area contributed by atoms with Crippen LogP contribution in [-0.4, -0.2) is 23.2 Å². The summed E-state index contributed by atoms with van der Waals surface area (Å²) >= 11 is 0. The van der Waals surface area contributed by atoms with Crippen molar-refractivity contribution in [2.75, 3.05) is 6.61 Å². The molecule has 1 saturated carbocycles. The average molecular weight is 321 g/mol. The fourth-order valence-electron chi connectivity index (χ4n) is 3.65. The van der Waals surface area contributed by atoms with Crippen LogP contribution in [0.15, 0.2) is 18.2 Å². The summed E-state index contributed by atoms with van der Waals surface area (Å²) in [6.07, 6.45) is 6.00. The zero-order valence-corrected chi connectivity index (χ0v) is 13.3. The molecule has 2 N–H and O–H groups in total. The highest BCUT2D eigenvalue weighted by Crippen LogP contribution is 2.35. The summed E-state index contributed by atoms with van der Waals surface area (Å²) in [6, 6.07) is 4.54. The summed E-state index contributed by atoms with van der Waals surface area (Å²) in [7, 11) is 0. The van der Waals surface area contributed by atoms with E-state index < -0.39 is 11.4 Å². The maximum atomic E-state index is 13.9. The normalized spacial score (nSPS) is 23.3. The second-order valence-corrected chi connectivity index (χ2v) is 6.73. The molecule has 1 aromatic rings. The first-order chi connectivity index (χ1) is 11.1. The molecule has 1 amide bonds. The fourth-order valence-corrected chi connectivity index (χ4v) is 3.65. The smallest absolute Gasteiger partial charge is 0.223 e. The number of fused-ring (bicyclic) bond motifs is 1. The number of halogens is 1. The lowest BCUT2D eigenvalue weighted by Gasteiger charge is -2.32. The van der Waals surface area contributed by atoms with E-state index in [1.807, 2.05) is 0 Å². The third kappa shape index (κ3) is 3.83. The van der Waals surface area contributed by atoms with Crippen LogP contribution in [0.1, 0.15) is 63.0 Å². The molecule has 1 atom stereocenters. The van der Waals surface area contributed by atoms with Gasteiger partial charge in [-0.1, -0.05) is 31.4 Å². The summed E-state index contributed by atoms with van der Waals surface area (Å²) in [5.41, 5.74) is -0.194. The number of para-hydroxylation sites is 1. The van der Waals surface area contributed by atoms with E-state index in [1.54, 1.807) is 12.1 Å². The molecular weight excluding hydrogens is 297 g/mol. The highest BCUT2D eigenvalue weighted by Gasteiger charge is 2.33. The van der Waals surface area contributed by atoms with Crippen molar-refractivity contribution in [3.05, 3.63) is 29.6 Å². The number of amides is 1. The van der Waals surface area contributed by atoms with Crippen molar-refractivity contribution in [3.63, 3.8) is 0 Å². The SMILES string of the molecule is O=C(CC1(O)CCCCC1)NC1CCCOc2c(F)cccc21. The van der Waals surface area contributed by atoms with Crippen molar-refractivity contribution in [1.29, 1.82) is 0 Å². The van der Waals surface area contributed by atoms with Crippen molar-refractivity contribution in [2.45, 2.75) is 63.0 Å². The van der Waals surface area contributed by atoms with E-state index in [-0.39, 0.29) is 24.1 Å². The molecule has 2 aliphatic rings. The second kappa shape index (κ2) is 6.87. The van der Waals surface area contributed by atoms with Gasteiger partial charge < -0.3 is 15.2 Å². The average Bonchev–Trinajstić information content (AvgIpc) is 2.71. The maximum absolute atomic E-state index is 13.9. The maximum Gasteiger partial charge on any atom is 0.223 e. The van der Waals surface area contributed by atoms with Crippen LogP contribution < -0.4 is 10.1 Å². The van der Waals surface area contributed by atoms with Gasteiger partial charge in [-0.05, 0) is 31.7 Å². The van der Waals surface area contributed by atoms with Gasteiger partial charge in [-0.25, -0.2) is 4.39 Å². The van der Waals surface area contributed by atoms with Crippen LogP contribution in [-0.2, 0) is 4.79 Å². The minimum Gasteiger partial charge on any atom is -0.490 e. The number of carbonyl (C=O) groups is 1. The van der Waals surface area contributed by atoms with Crippen LogP contribution in [0.25, 0.3) is 0 Å². The molecule has 1 fully saturated rings. The standard InChI is InChI=1S/C18H24FNO3/c19-14-7-4-6-13-15(8-5-11-23-17(13)14)20-16(21)12-18(22)9-2-1-3-10-18/h4,6-7,15,22H,1-3,5,8-12H2,(H,20,21). The number of hydrogen-bond donors (Lipinski definition) is 2. The van der Waals surface area contributed by atoms with E-state index in [0.717, 1.165) is 25.7 Å². The number of nitrogens with one attached hydrogen (secondary N) is 1. The molecule has 126 valence electrons. The Kier molecular flexibility index (Phi) is 4.85. The molecular formula is C18H24FNO3. The van der Waals surface area contributed by atoms with Gasteiger partial charge in [-0.3, -0.25) is 4.79 Å². The highest BCUT2D eigenvalue weighted by molar-refractivity contribution is 5.77. The molecule has 0 aromatic heterocycles. The van der Waals surface area contributed by atoms with Gasteiger partial charge in [0, 0.05) is 5.56 Å². The van der Waals surface area contributed by atoms with Crippen LogP contribution in [0.2, 0.25) is 0 Å². The molecule has 1 heterocycles. The predicted octanol–water partition coefficient (Wildman–Crippen LogP) is 3.24. The third-order valence-corrected chi connectivity index (χ3v) is 4.87. The number of rotatable bonds is 3. The number of ether oxygens (including phenoxy) is 1. The summed E-state index contributed by atoms with van der Waals surface area (Å²) in [4.78, 5) is 12.4. The van der Waals surface area contributed by atoms with Crippen molar-refractivity contribution in [2.24, 2.45) is 0 Å². The molecule has 23 heavy (non-hydrogen) atoms. The van der Waals surface area contributed by atoms with Crippen LogP contribution in [0.5, 0.6) is 5.75 Å². The van der Waals surface area contributed by atoms with Gasteiger partial charge in [0.15, 0.2) is 11.6 Å². The predicted molar refractivity (Wildman–Crippen MR) is 84.7 cm³/mol. The third-order valence-electron chi connectivity index (χ3n) is 4.87. The van der Waals surface area contributed by atoms with E-state index in [2.05, 4.69) is 5.32 Å². The largest absolute Gasteiger partial charge is 0.490 e. The lowest BCUT2D eigenvalue weighted by Crippen LogP contribution is -2.39. The van der Waals surface area contributed by atoms with Gasteiger partial charge in [0.2, 0.25) is 5.91 Å². The number of benzene rings is 1. The van der Waals surface area contributed by atoms with Crippen LogP contribution in [0.4, 0.5) is 4.39 Å². The van der Waals surface area contributed by atoms with Crippen LogP contribution >= 0.6 is 0 Å². The first kappa shape index (κ1) is 16.2. The Balaban J connectivity index is 1.70. The molecule has 1 aromatic carbocycles. The summed E-state index contributed by atoms with van der Waals surface area (Å²) in [5.74, 6) is -0.322. The van der Waals surface area contributed by atoms with Gasteiger partial charge in [0.1, 0.15) is 0 Å². The van der Waals surface area contributed by atoms with Crippen molar-refractivity contribution in [3.8, 4) is 5.75 Å². The van der Waals surface area contributed by atoms with Gasteiger partial charge >= 0.3 is 0 Å². The molecule has 0 bridgehead atoms. The number of aliphatic hydroxyl groups is 1. The minimum absolute atomic E-state index is 0.120. The Bertz CT molecular complexity index is 569. The Morgan fingerprint density at radius 3 is 2.87 bits per heavy atom. The molecule has 0 spiro atoms. The molecule has 5 heteroatoms. The number of hydrogen-bond acceptors (Lipinski definition) is 3. The van der Waals surface area contributed by atoms with Gasteiger partial charge in [0.05, 0.1) is 24.7 Å². The molecule has 0 radical (unpaired) electrons. The second-order valence-electron chi connectivity index (χ2n) is 6.73. The van der Waals surface area contributed by atoms with Crippen molar-refractivity contribution < 1.29 is 19.0 Å². The lowest BCUT2D eigenvalue weighted by molar-refractivity contribution is -0.128. The zero-order chi connectivity index (χ0) is 16.3.